The van der Waals surface area contributed by atoms with Crippen LogP contribution in [-0.4, -0.2) is 26.7 Å². The third-order valence-electron chi connectivity index (χ3n) is 3.85. The highest BCUT2D eigenvalue weighted by Crippen LogP contribution is 2.22. The Hall–Kier alpha value is -1.81. The van der Waals surface area contributed by atoms with Gasteiger partial charge < -0.3 is 14.8 Å². The topological polar surface area (TPSA) is 47.6 Å². The van der Waals surface area contributed by atoms with Crippen LogP contribution in [0.15, 0.2) is 36.4 Å². The summed E-state index contributed by atoms with van der Waals surface area (Å²) in [6.45, 7) is 0.475. The summed E-state index contributed by atoms with van der Waals surface area (Å²) in [5.74, 6) is 1.00. The fraction of sp³-hybridized carbons (Fsp3) is 0.471. The van der Waals surface area contributed by atoms with E-state index in [1.807, 2.05) is 24.3 Å². The zero-order chi connectivity index (χ0) is 15.1. The van der Waals surface area contributed by atoms with Crippen LogP contribution in [0.4, 0.5) is 0 Å². The number of ether oxygens (including phenoxy) is 2. The van der Waals surface area contributed by atoms with E-state index in [0.717, 1.165) is 30.6 Å². The molecule has 0 saturated heterocycles. The Kier molecular flexibility index (Phi) is 5.81. The molecule has 2 atom stereocenters. The minimum Gasteiger partial charge on any atom is -0.497 e. The van der Waals surface area contributed by atoms with Crippen LogP contribution in [0.5, 0.6) is 5.75 Å². The van der Waals surface area contributed by atoms with Crippen LogP contribution in [0.3, 0.4) is 0 Å². The Morgan fingerprint density at radius 1 is 1.38 bits per heavy atom. The van der Waals surface area contributed by atoms with Crippen LogP contribution in [0.1, 0.15) is 30.9 Å². The van der Waals surface area contributed by atoms with Gasteiger partial charge in [-0.15, -0.1) is 0 Å². The summed E-state index contributed by atoms with van der Waals surface area (Å²) >= 11 is 0. The number of amides is 1. The number of hydrogen-bond donors (Lipinski definition) is 1. The largest absolute Gasteiger partial charge is 0.497 e. The second-order valence-electron chi connectivity index (χ2n) is 5.23. The fourth-order valence-corrected chi connectivity index (χ4v) is 2.55. The van der Waals surface area contributed by atoms with Gasteiger partial charge >= 0.3 is 0 Å². The first kappa shape index (κ1) is 15.6. The lowest BCUT2D eigenvalue weighted by Crippen LogP contribution is -2.34. The molecule has 1 aromatic carbocycles. The van der Waals surface area contributed by atoms with Gasteiger partial charge in [0.2, 0.25) is 5.91 Å². The highest BCUT2D eigenvalue weighted by atomic mass is 16.5. The third kappa shape index (κ3) is 4.33. The molecular formula is C17H23NO3. The number of carbonyl (C=O) groups is 1. The van der Waals surface area contributed by atoms with Gasteiger partial charge in [-0.3, -0.25) is 4.79 Å². The summed E-state index contributed by atoms with van der Waals surface area (Å²) in [7, 11) is 3.29. The van der Waals surface area contributed by atoms with Crippen molar-refractivity contribution in [1.82, 2.24) is 5.32 Å². The van der Waals surface area contributed by atoms with E-state index in [1.54, 1.807) is 14.2 Å². The predicted octanol–water partition coefficient (Wildman–Crippen LogP) is 2.86. The van der Waals surface area contributed by atoms with E-state index in [4.69, 9.17) is 9.47 Å². The number of nitrogens with one attached hydrogen (secondary N) is 1. The third-order valence-corrected chi connectivity index (χ3v) is 3.85. The van der Waals surface area contributed by atoms with Crippen molar-refractivity contribution < 1.29 is 14.3 Å². The molecule has 0 saturated carbocycles. The molecule has 1 amide bonds. The Bertz CT molecular complexity index is 499. The summed E-state index contributed by atoms with van der Waals surface area (Å²) in [6.07, 6.45) is 6.81. The van der Waals surface area contributed by atoms with Gasteiger partial charge in [-0.2, -0.15) is 0 Å². The maximum Gasteiger partial charge on any atom is 0.223 e. The molecule has 2 rings (SSSR count). The van der Waals surface area contributed by atoms with E-state index in [-0.39, 0.29) is 17.9 Å². The van der Waals surface area contributed by atoms with Gasteiger partial charge in [-0.25, -0.2) is 0 Å². The van der Waals surface area contributed by atoms with E-state index >= 15 is 0 Å². The maximum absolute atomic E-state index is 12.1. The normalized spacial score (nSPS) is 19.0. The fourth-order valence-electron chi connectivity index (χ4n) is 2.55. The van der Waals surface area contributed by atoms with Crippen molar-refractivity contribution in [2.75, 3.05) is 20.8 Å². The highest BCUT2D eigenvalue weighted by molar-refractivity contribution is 5.79. The quantitative estimate of drug-likeness (QED) is 0.819. The van der Waals surface area contributed by atoms with Crippen molar-refractivity contribution in [3.63, 3.8) is 0 Å². The minimum absolute atomic E-state index is 0.0952. The predicted molar refractivity (Wildman–Crippen MR) is 82.2 cm³/mol. The van der Waals surface area contributed by atoms with Crippen LogP contribution in [0, 0.1) is 5.92 Å². The van der Waals surface area contributed by atoms with Gasteiger partial charge in [0.25, 0.3) is 0 Å². The van der Waals surface area contributed by atoms with Gasteiger partial charge in [0.05, 0.1) is 13.2 Å². The smallest absolute Gasteiger partial charge is 0.223 e. The van der Waals surface area contributed by atoms with Gasteiger partial charge in [0.15, 0.2) is 0 Å². The standard InChI is InChI=1S/C17H23NO3/c1-20-15-10-6-9-14(11-15)16(21-2)12-18-17(19)13-7-4-3-5-8-13/h3-4,6,9-11,13,16H,5,7-8,12H2,1-2H3,(H,18,19). The molecule has 0 fully saturated rings. The Balaban J connectivity index is 1.92. The SMILES string of the molecule is COc1cccc(C(CNC(=O)C2CC=CCC2)OC)c1. The number of hydrogen-bond acceptors (Lipinski definition) is 3. The lowest BCUT2D eigenvalue weighted by atomic mass is 9.93. The van der Waals surface area contributed by atoms with Crippen LogP contribution < -0.4 is 10.1 Å². The average molecular weight is 289 g/mol. The molecule has 0 heterocycles. The molecule has 2 unspecified atom stereocenters. The first-order chi connectivity index (χ1) is 10.2. The van der Waals surface area contributed by atoms with Crippen molar-refractivity contribution in [2.24, 2.45) is 5.92 Å². The lowest BCUT2D eigenvalue weighted by molar-refractivity contribution is -0.125. The van der Waals surface area contributed by atoms with Crippen LogP contribution in [0.2, 0.25) is 0 Å². The van der Waals surface area contributed by atoms with Crippen LogP contribution in [0.25, 0.3) is 0 Å². The highest BCUT2D eigenvalue weighted by Gasteiger charge is 2.20. The second-order valence-corrected chi connectivity index (χ2v) is 5.23. The first-order valence-electron chi connectivity index (χ1n) is 7.34. The summed E-state index contributed by atoms with van der Waals surface area (Å²) in [5.41, 5.74) is 1.00. The Morgan fingerprint density at radius 3 is 2.90 bits per heavy atom. The maximum atomic E-state index is 12.1. The van der Waals surface area contributed by atoms with Gasteiger partial charge in [0.1, 0.15) is 5.75 Å². The molecule has 21 heavy (non-hydrogen) atoms. The molecule has 4 nitrogen and oxygen atoms in total. The summed E-state index contributed by atoms with van der Waals surface area (Å²) < 4.78 is 10.7. The molecule has 1 aromatic rings. The molecule has 0 aliphatic heterocycles. The number of carbonyl (C=O) groups excluding carboxylic acids is 1. The van der Waals surface area contributed by atoms with Crippen LogP contribution in [-0.2, 0) is 9.53 Å². The lowest BCUT2D eigenvalue weighted by Gasteiger charge is -2.21. The molecule has 1 aliphatic rings. The molecule has 0 bridgehead atoms. The minimum atomic E-state index is -0.164. The van der Waals surface area contributed by atoms with Crippen molar-refractivity contribution in [3.8, 4) is 5.75 Å². The van der Waals surface area contributed by atoms with Crippen molar-refractivity contribution in [3.05, 3.63) is 42.0 Å². The summed E-state index contributed by atoms with van der Waals surface area (Å²) in [4.78, 5) is 12.1. The molecule has 4 heteroatoms. The summed E-state index contributed by atoms with van der Waals surface area (Å²) in [6, 6.07) is 7.73. The molecule has 114 valence electrons. The monoisotopic (exact) mass is 289 g/mol. The first-order valence-corrected chi connectivity index (χ1v) is 7.34. The second kappa shape index (κ2) is 7.84. The van der Waals surface area contributed by atoms with E-state index in [0.29, 0.717) is 6.54 Å². The Labute approximate surface area is 126 Å². The zero-order valence-electron chi connectivity index (χ0n) is 12.7. The van der Waals surface area contributed by atoms with E-state index in [2.05, 4.69) is 17.5 Å². The van der Waals surface area contributed by atoms with E-state index < -0.39 is 0 Å². The molecule has 0 aromatic heterocycles. The number of allylic oxidation sites excluding steroid dienone is 2. The van der Waals surface area contributed by atoms with Crippen LogP contribution >= 0.6 is 0 Å². The molecule has 1 N–H and O–H groups in total. The van der Waals surface area contributed by atoms with Gasteiger partial charge in [-0.05, 0) is 37.0 Å². The Morgan fingerprint density at radius 2 is 2.24 bits per heavy atom. The molecule has 0 spiro atoms. The van der Waals surface area contributed by atoms with E-state index in [1.165, 1.54) is 0 Å². The van der Waals surface area contributed by atoms with E-state index in [9.17, 15) is 4.79 Å². The zero-order valence-corrected chi connectivity index (χ0v) is 12.7. The number of benzene rings is 1. The number of methoxy groups -OCH3 is 2. The van der Waals surface area contributed by atoms with Crippen molar-refractivity contribution >= 4 is 5.91 Å². The average Bonchev–Trinajstić information content (AvgIpc) is 2.56. The molecule has 0 radical (unpaired) electrons. The van der Waals surface area contributed by atoms with Gasteiger partial charge in [-0.1, -0.05) is 24.3 Å². The number of rotatable bonds is 6. The summed E-state index contributed by atoms with van der Waals surface area (Å²) in [5, 5.41) is 3.00. The van der Waals surface area contributed by atoms with Crippen molar-refractivity contribution in [1.29, 1.82) is 0 Å². The van der Waals surface area contributed by atoms with Crippen molar-refractivity contribution in [2.45, 2.75) is 25.4 Å². The molecular weight excluding hydrogens is 266 g/mol. The molecule has 1 aliphatic carbocycles. The van der Waals surface area contributed by atoms with Gasteiger partial charge in [0, 0.05) is 19.6 Å².